The molecule has 0 unspecified atom stereocenters. The first-order chi connectivity index (χ1) is 7.70. The predicted molar refractivity (Wildman–Crippen MR) is 57.6 cm³/mol. The Bertz CT molecular complexity index is 415. The summed E-state index contributed by atoms with van der Waals surface area (Å²) in [5.41, 5.74) is 5.60. The Labute approximate surface area is 92.7 Å². The zero-order valence-electron chi connectivity index (χ0n) is 8.67. The number of hydrogen-bond donors (Lipinski definition) is 1. The molecule has 16 heavy (non-hydrogen) atoms. The largest absolute Gasteiger partial charge is 0.481 e. The van der Waals surface area contributed by atoms with Crippen molar-refractivity contribution in [3.05, 3.63) is 25.2 Å². The second-order valence-corrected chi connectivity index (χ2v) is 3.46. The van der Waals surface area contributed by atoms with Crippen LogP contribution in [-0.4, -0.2) is 40.0 Å². The molecule has 1 aliphatic rings. The summed E-state index contributed by atoms with van der Waals surface area (Å²) in [6, 6.07) is 0. The fourth-order valence-electron chi connectivity index (χ4n) is 1.42. The summed E-state index contributed by atoms with van der Waals surface area (Å²) in [4.78, 5) is 20.4. The van der Waals surface area contributed by atoms with E-state index in [2.05, 4.69) is 16.5 Å². The third-order valence-corrected chi connectivity index (χ3v) is 2.34. The Morgan fingerprint density at radius 2 is 2.44 bits per heavy atom. The van der Waals surface area contributed by atoms with E-state index in [1.807, 2.05) is 0 Å². The van der Waals surface area contributed by atoms with Crippen LogP contribution in [0.1, 0.15) is 0 Å². The van der Waals surface area contributed by atoms with Crippen molar-refractivity contribution < 1.29 is 9.53 Å². The minimum atomic E-state index is -0.0860. The molecule has 1 aromatic heterocycles. The first kappa shape index (κ1) is 10.4. The van der Waals surface area contributed by atoms with Crippen molar-refractivity contribution in [2.24, 2.45) is 0 Å². The summed E-state index contributed by atoms with van der Waals surface area (Å²) in [5, 5.41) is 0. The predicted octanol–water partition coefficient (Wildman–Crippen LogP) is -0.166. The summed E-state index contributed by atoms with van der Waals surface area (Å²) in [6.07, 6.45) is 4.12. The van der Waals surface area contributed by atoms with E-state index in [-0.39, 0.29) is 12.0 Å². The number of rotatable bonds is 3. The Hall–Kier alpha value is -2.11. The van der Waals surface area contributed by atoms with Gasteiger partial charge in [-0.25, -0.2) is 9.97 Å². The maximum Gasteiger partial charge on any atom is 0.246 e. The first-order valence-electron chi connectivity index (χ1n) is 4.84. The molecule has 6 heteroatoms. The molecule has 0 saturated carbocycles. The van der Waals surface area contributed by atoms with Crippen LogP contribution in [0.4, 0.5) is 5.82 Å². The maximum atomic E-state index is 11.2. The van der Waals surface area contributed by atoms with Gasteiger partial charge in [0, 0.05) is 0 Å². The van der Waals surface area contributed by atoms with Gasteiger partial charge in [-0.3, -0.25) is 4.79 Å². The van der Waals surface area contributed by atoms with E-state index in [9.17, 15) is 4.79 Å². The normalized spacial score (nSPS) is 15.4. The number of hydrogen-bond acceptors (Lipinski definition) is 5. The lowest BCUT2D eigenvalue weighted by Gasteiger charge is -2.38. The summed E-state index contributed by atoms with van der Waals surface area (Å²) in [7, 11) is 0. The van der Waals surface area contributed by atoms with Crippen LogP contribution in [-0.2, 0) is 4.79 Å². The van der Waals surface area contributed by atoms with Crippen molar-refractivity contribution >= 4 is 11.7 Å². The van der Waals surface area contributed by atoms with Gasteiger partial charge in [-0.15, -0.1) is 0 Å². The molecular weight excluding hydrogens is 208 g/mol. The minimum absolute atomic E-state index is 0.0443. The lowest BCUT2D eigenvalue weighted by atomic mass is 10.1. The summed E-state index contributed by atoms with van der Waals surface area (Å²) in [6.45, 7) is 4.50. The highest BCUT2D eigenvalue weighted by Crippen LogP contribution is 2.21. The van der Waals surface area contributed by atoms with Crippen molar-refractivity contribution in [3.8, 4) is 5.75 Å². The number of carbonyl (C=O) groups excluding carboxylic acids is 1. The molecule has 0 radical (unpaired) electrons. The molecular formula is C10H12N4O2. The number of nitrogens with two attached hydrogens (primary N) is 1. The quantitative estimate of drug-likeness (QED) is 0.715. The molecule has 0 aromatic carbocycles. The molecule has 0 aliphatic carbocycles. The highest BCUT2D eigenvalue weighted by Gasteiger charge is 2.31. The molecule has 2 rings (SSSR count). The van der Waals surface area contributed by atoms with Crippen LogP contribution in [0.15, 0.2) is 25.2 Å². The average Bonchev–Trinajstić information content (AvgIpc) is 2.24. The Morgan fingerprint density at radius 3 is 3.06 bits per heavy atom. The van der Waals surface area contributed by atoms with E-state index in [1.54, 1.807) is 4.90 Å². The lowest BCUT2D eigenvalue weighted by molar-refractivity contribution is -0.134. The average molecular weight is 220 g/mol. The van der Waals surface area contributed by atoms with Gasteiger partial charge in [-0.1, -0.05) is 6.58 Å². The molecule has 0 atom stereocenters. The van der Waals surface area contributed by atoms with Crippen molar-refractivity contribution in [3.63, 3.8) is 0 Å². The molecule has 0 spiro atoms. The topological polar surface area (TPSA) is 81.3 Å². The van der Waals surface area contributed by atoms with Crippen molar-refractivity contribution in [1.82, 2.24) is 14.9 Å². The van der Waals surface area contributed by atoms with E-state index >= 15 is 0 Å². The summed E-state index contributed by atoms with van der Waals surface area (Å²) in [5.74, 6) is 0.679. The van der Waals surface area contributed by atoms with Crippen LogP contribution >= 0.6 is 0 Å². The van der Waals surface area contributed by atoms with Gasteiger partial charge in [-0.05, 0) is 6.08 Å². The number of carbonyl (C=O) groups is 1. The SMILES string of the molecule is C=CC(=O)N1CC(Oc2cncnc2N)C1. The van der Waals surface area contributed by atoms with Crippen LogP contribution in [0.3, 0.4) is 0 Å². The molecule has 84 valence electrons. The van der Waals surface area contributed by atoms with Gasteiger partial charge in [0.15, 0.2) is 11.6 Å². The molecule has 2 heterocycles. The van der Waals surface area contributed by atoms with Gasteiger partial charge < -0.3 is 15.4 Å². The fraction of sp³-hybridized carbons (Fsp3) is 0.300. The molecule has 1 aromatic rings. The van der Waals surface area contributed by atoms with E-state index in [1.165, 1.54) is 18.6 Å². The Kier molecular flexibility index (Phi) is 2.72. The van der Waals surface area contributed by atoms with Gasteiger partial charge in [-0.2, -0.15) is 0 Å². The van der Waals surface area contributed by atoms with Crippen LogP contribution in [0.2, 0.25) is 0 Å². The Morgan fingerprint density at radius 1 is 1.69 bits per heavy atom. The zero-order valence-corrected chi connectivity index (χ0v) is 8.67. The van der Waals surface area contributed by atoms with E-state index in [0.717, 1.165) is 0 Å². The highest BCUT2D eigenvalue weighted by atomic mass is 16.5. The molecule has 1 aliphatic heterocycles. The van der Waals surface area contributed by atoms with Crippen LogP contribution < -0.4 is 10.5 Å². The molecule has 2 N–H and O–H groups in total. The number of aromatic nitrogens is 2. The smallest absolute Gasteiger partial charge is 0.246 e. The van der Waals surface area contributed by atoms with Crippen LogP contribution in [0.25, 0.3) is 0 Å². The highest BCUT2D eigenvalue weighted by molar-refractivity contribution is 5.87. The molecule has 1 fully saturated rings. The number of ether oxygens (including phenoxy) is 1. The van der Waals surface area contributed by atoms with Gasteiger partial charge in [0.05, 0.1) is 19.3 Å². The first-order valence-corrected chi connectivity index (χ1v) is 4.84. The van der Waals surface area contributed by atoms with Gasteiger partial charge in [0.1, 0.15) is 12.4 Å². The summed E-state index contributed by atoms with van der Waals surface area (Å²) < 4.78 is 5.53. The number of nitrogen functional groups attached to an aromatic ring is 1. The van der Waals surface area contributed by atoms with Crippen molar-refractivity contribution in [1.29, 1.82) is 0 Å². The third-order valence-electron chi connectivity index (χ3n) is 2.34. The maximum absolute atomic E-state index is 11.2. The number of likely N-dealkylation sites (tertiary alicyclic amines) is 1. The second-order valence-electron chi connectivity index (χ2n) is 3.46. The fourth-order valence-corrected chi connectivity index (χ4v) is 1.42. The number of anilines is 1. The second kappa shape index (κ2) is 4.18. The van der Waals surface area contributed by atoms with E-state index in [4.69, 9.17) is 10.5 Å². The van der Waals surface area contributed by atoms with Crippen molar-refractivity contribution in [2.45, 2.75) is 6.10 Å². The number of nitrogens with zero attached hydrogens (tertiary/aromatic N) is 3. The monoisotopic (exact) mass is 220 g/mol. The van der Waals surface area contributed by atoms with E-state index < -0.39 is 0 Å². The van der Waals surface area contributed by atoms with Gasteiger partial charge in [0.2, 0.25) is 5.91 Å². The third kappa shape index (κ3) is 1.95. The standard InChI is InChI=1S/C10H12N4O2/c1-2-9(15)14-4-7(5-14)16-8-3-12-6-13-10(8)11/h2-3,6-7H,1,4-5H2,(H2,11,12,13). The molecule has 1 amide bonds. The molecule has 0 bridgehead atoms. The van der Waals surface area contributed by atoms with Crippen molar-refractivity contribution in [2.75, 3.05) is 18.8 Å². The zero-order chi connectivity index (χ0) is 11.5. The van der Waals surface area contributed by atoms with Crippen LogP contribution in [0.5, 0.6) is 5.75 Å². The van der Waals surface area contributed by atoms with Gasteiger partial charge >= 0.3 is 0 Å². The minimum Gasteiger partial charge on any atom is -0.481 e. The summed E-state index contributed by atoms with van der Waals surface area (Å²) >= 11 is 0. The Balaban J connectivity index is 1.88. The molecule has 6 nitrogen and oxygen atoms in total. The number of amides is 1. The molecule has 1 saturated heterocycles. The van der Waals surface area contributed by atoms with E-state index in [0.29, 0.717) is 24.7 Å². The van der Waals surface area contributed by atoms with Gasteiger partial charge in [0.25, 0.3) is 0 Å². The lowest BCUT2D eigenvalue weighted by Crippen LogP contribution is -2.55. The van der Waals surface area contributed by atoms with Crippen LogP contribution in [0, 0.1) is 0 Å².